The highest BCUT2D eigenvalue weighted by Gasteiger charge is 2.10. The van der Waals surface area contributed by atoms with Crippen LogP contribution in [0.4, 0.5) is 0 Å². The first-order valence-electron chi connectivity index (χ1n) is 4.20. The zero-order valence-electron chi connectivity index (χ0n) is 8.57. The molecule has 0 aromatic rings. The lowest BCUT2D eigenvalue weighted by atomic mass is 10.4. The maximum absolute atomic E-state index is 11.1. The molecule has 1 unspecified atom stereocenters. The van der Waals surface area contributed by atoms with Gasteiger partial charge in [-0.25, -0.2) is 4.79 Å². The van der Waals surface area contributed by atoms with Gasteiger partial charge < -0.3 is 19.7 Å². The lowest BCUT2D eigenvalue weighted by Crippen LogP contribution is -2.26. The van der Waals surface area contributed by atoms with E-state index in [-0.39, 0.29) is 11.9 Å². The van der Waals surface area contributed by atoms with Crippen molar-refractivity contribution >= 4 is 19.7 Å². The summed E-state index contributed by atoms with van der Waals surface area (Å²) < 4.78 is 15.3. The van der Waals surface area contributed by atoms with E-state index < -0.39 is 26.0 Å². The molecular formula is C8H14NO5P. The number of amides is 1. The fourth-order valence-corrected chi connectivity index (χ4v) is 1.33. The van der Waals surface area contributed by atoms with Crippen LogP contribution < -0.4 is 5.32 Å². The number of methoxy groups -OCH3 is 1. The zero-order valence-corrected chi connectivity index (χ0v) is 9.57. The van der Waals surface area contributed by atoms with Crippen LogP contribution in [0.15, 0.2) is 11.8 Å². The number of ether oxygens (including phenoxy) is 1. The van der Waals surface area contributed by atoms with Gasteiger partial charge >= 0.3 is 5.97 Å². The first-order chi connectivity index (χ1) is 7.01. The number of aliphatic hydroxyl groups excluding tert-OH is 1. The number of rotatable bonds is 5. The standard InChI is InChI=1S/C8H14NO5P/c1-6(11)9-7(8(12)14-2)3-4-15(13)5-10/h3,10,15H,4-5H2,1-2H3,(H,9,11)/b7-3+. The molecule has 1 amide bonds. The SMILES string of the molecule is COC(=O)/C(=C\C[PH](=O)CO)NC(C)=O. The van der Waals surface area contributed by atoms with Crippen molar-refractivity contribution in [2.24, 2.45) is 0 Å². The van der Waals surface area contributed by atoms with E-state index in [1.807, 2.05) is 0 Å². The van der Waals surface area contributed by atoms with E-state index in [2.05, 4.69) is 10.1 Å². The van der Waals surface area contributed by atoms with E-state index >= 15 is 0 Å². The second-order valence-corrected chi connectivity index (χ2v) is 4.49. The van der Waals surface area contributed by atoms with Crippen molar-refractivity contribution in [3.8, 4) is 0 Å². The van der Waals surface area contributed by atoms with Crippen molar-refractivity contribution < 1.29 is 24.0 Å². The Balaban J connectivity index is 4.54. The highest BCUT2D eigenvalue weighted by atomic mass is 31.1. The predicted octanol–water partition coefficient (Wildman–Crippen LogP) is -0.311. The van der Waals surface area contributed by atoms with E-state index in [1.165, 1.54) is 20.1 Å². The normalized spacial score (nSPS) is 13.1. The zero-order chi connectivity index (χ0) is 11.8. The molecule has 0 rings (SSSR count). The number of aliphatic hydroxyl groups is 1. The van der Waals surface area contributed by atoms with Gasteiger partial charge in [0.2, 0.25) is 5.91 Å². The maximum Gasteiger partial charge on any atom is 0.354 e. The number of allylic oxidation sites excluding steroid dienone is 1. The highest BCUT2D eigenvalue weighted by molar-refractivity contribution is 7.44. The van der Waals surface area contributed by atoms with Crippen LogP contribution in [0.3, 0.4) is 0 Å². The lowest BCUT2D eigenvalue weighted by Gasteiger charge is -2.05. The van der Waals surface area contributed by atoms with E-state index in [4.69, 9.17) is 5.11 Å². The van der Waals surface area contributed by atoms with Gasteiger partial charge in [-0.3, -0.25) is 4.79 Å². The summed E-state index contributed by atoms with van der Waals surface area (Å²) in [7, 11) is -0.957. The average Bonchev–Trinajstić information content (AvgIpc) is 2.21. The second kappa shape index (κ2) is 7.20. The minimum atomic E-state index is -2.13. The Morgan fingerprint density at radius 3 is 2.53 bits per heavy atom. The number of carbonyl (C=O) groups is 2. The molecule has 0 heterocycles. The van der Waals surface area contributed by atoms with Crippen molar-refractivity contribution in [3.05, 3.63) is 11.8 Å². The van der Waals surface area contributed by atoms with Crippen molar-refractivity contribution in [3.63, 3.8) is 0 Å². The third-order valence-corrected chi connectivity index (χ3v) is 2.44. The molecule has 0 aromatic carbocycles. The largest absolute Gasteiger partial charge is 0.464 e. The van der Waals surface area contributed by atoms with Gasteiger partial charge in [-0.1, -0.05) is 0 Å². The molecule has 0 spiro atoms. The van der Waals surface area contributed by atoms with E-state index in [0.29, 0.717) is 0 Å². The topological polar surface area (TPSA) is 92.7 Å². The number of esters is 1. The minimum absolute atomic E-state index is 0.0475. The Morgan fingerprint density at radius 1 is 1.53 bits per heavy atom. The van der Waals surface area contributed by atoms with E-state index in [1.54, 1.807) is 0 Å². The molecule has 0 aliphatic rings. The average molecular weight is 235 g/mol. The molecule has 7 heteroatoms. The molecule has 0 radical (unpaired) electrons. The van der Waals surface area contributed by atoms with Crippen LogP contribution in [0.1, 0.15) is 6.92 Å². The summed E-state index contributed by atoms with van der Waals surface area (Å²) in [5.74, 6) is -1.13. The monoisotopic (exact) mass is 235 g/mol. The first kappa shape index (κ1) is 13.9. The third-order valence-electron chi connectivity index (χ3n) is 1.43. The van der Waals surface area contributed by atoms with E-state index in [9.17, 15) is 14.2 Å². The van der Waals surface area contributed by atoms with Crippen LogP contribution >= 0.6 is 7.80 Å². The maximum atomic E-state index is 11.1. The Bertz CT molecular complexity index is 299. The molecule has 0 saturated carbocycles. The van der Waals surface area contributed by atoms with Crippen LogP contribution in [0.25, 0.3) is 0 Å². The summed E-state index contributed by atoms with van der Waals surface area (Å²) in [5.41, 5.74) is -0.0585. The predicted molar refractivity (Wildman–Crippen MR) is 54.9 cm³/mol. The van der Waals surface area contributed by atoms with Gasteiger partial charge in [-0.05, 0) is 6.08 Å². The summed E-state index contributed by atoms with van der Waals surface area (Å²) in [6.07, 6.45) is 0.909. The molecular weight excluding hydrogens is 221 g/mol. The summed E-state index contributed by atoms with van der Waals surface area (Å²) in [6, 6.07) is 0. The molecule has 0 aromatic heterocycles. The van der Waals surface area contributed by atoms with Crippen molar-refractivity contribution in [2.45, 2.75) is 6.92 Å². The fraction of sp³-hybridized carbons (Fsp3) is 0.500. The summed E-state index contributed by atoms with van der Waals surface area (Å²) in [6.45, 7) is 1.24. The molecule has 0 aliphatic carbocycles. The molecule has 86 valence electrons. The Labute approximate surface area is 88.1 Å². The molecule has 2 N–H and O–H groups in total. The lowest BCUT2D eigenvalue weighted by molar-refractivity contribution is -0.137. The third kappa shape index (κ3) is 6.04. The number of hydrogen-bond acceptors (Lipinski definition) is 5. The second-order valence-electron chi connectivity index (χ2n) is 2.69. The van der Waals surface area contributed by atoms with Crippen LogP contribution in [-0.4, -0.2) is 36.6 Å². The van der Waals surface area contributed by atoms with E-state index in [0.717, 1.165) is 0 Å². The molecule has 0 aliphatic heterocycles. The van der Waals surface area contributed by atoms with Gasteiger partial charge in [0.25, 0.3) is 0 Å². The Kier molecular flexibility index (Phi) is 6.66. The van der Waals surface area contributed by atoms with Crippen LogP contribution in [0, 0.1) is 0 Å². The number of carbonyl (C=O) groups excluding carboxylic acids is 2. The van der Waals surface area contributed by atoms with Gasteiger partial charge in [-0.2, -0.15) is 0 Å². The van der Waals surface area contributed by atoms with Crippen LogP contribution in [0.5, 0.6) is 0 Å². The van der Waals surface area contributed by atoms with Crippen molar-refractivity contribution in [2.75, 3.05) is 19.6 Å². The molecule has 6 nitrogen and oxygen atoms in total. The summed E-state index contributed by atoms with van der Waals surface area (Å²) in [4.78, 5) is 21.8. The van der Waals surface area contributed by atoms with Gasteiger partial charge in [0.1, 0.15) is 13.5 Å². The summed E-state index contributed by atoms with van der Waals surface area (Å²) >= 11 is 0. The van der Waals surface area contributed by atoms with Gasteiger partial charge in [-0.15, -0.1) is 0 Å². The smallest absolute Gasteiger partial charge is 0.354 e. The molecule has 0 saturated heterocycles. The Hall–Kier alpha value is -1.13. The van der Waals surface area contributed by atoms with Gasteiger partial charge in [0.15, 0.2) is 0 Å². The highest BCUT2D eigenvalue weighted by Crippen LogP contribution is 2.18. The van der Waals surface area contributed by atoms with Crippen LogP contribution in [-0.2, 0) is 18.9 Å². The summed E-state index contributed by atoms with van der Waals surface area (Å²) in [5, 5.41) is 10.8. The molecule has 15 heavy (non-hydrogen) atoms. The van der Waals surface area contributed by atoms with Crippen molar-refractivity contribution in [1.29, 1.82) is 0 Å². The molecule has 0 fully saturated rings. The minimum Gasteiger partial charge on any atom is -0.464 e. The first-order valence-corrected chi connectivity index (χ1v) is 6.02. The number of nitrogens with one attached hydrogen (secondary N) is 1. The van der Waals surface area contributed by atoms with Crippen molar-refractivity contribution in [1.82, 2.24) is 5.32 Å². The Morgan fingerprint density at radius 2 is 2.13 bits per heavy atom. The quantitative estimate of drug-likeness (QED) is 0.387. The number of hydrogen-bond donors (Lipinski definition) is 2. The van der Waals surface area contributed by atoms with Gasteiger partial charge in [0, 0.05) is 13.1 Å². The van der Waals surface area contributed by atoms with Crippen LogP contribution in [0.2, 0.25) is 0 Å². The fourth-order valence-electron chi connectivity index (χ4n) is 0.765. The molecule has 0 bridgehead atoms. The van der Waals surface area contributed by atoms with Gasteiger partial charge in [0.05, 0.1) is 13.5 Å². The molecule has 1 atom stereocenters.